The Bertz CT molecular complexity index is 846. The van der Waals surface area contributed by atoms with Crippen LogP contribution in [0.4, 0.5) is 0 Å². The molecular formula is C19H26N4O2S. The Morgan fingerprint density at radius 2 is 1.81 bits per heavy atom. The van der Waals surface area contributed by atoms with Crippen LogP contribution in [-0.4, -0.2) is 27.5 Å². The normalized spacial score (nSPS) is 12.0. The fraction of sp³-hybridized carbons (Fsp3) is 0.316. The van der Waals surface area contributed by atoms with E-state index in [4.69, 9.17) is 5.14 Å². The van der Waals surface area contributed by atoms with Crippen molar-refractivity contribution in [2.45, 2.75) is 31.7 Å². The molecule has 0 aromatic heterocycles. The van der Waals surface area contributed by atoms with Gasteiger partial charge in [0.25, 0.3) is 0 Å². The number of nitrogens with zero attached hydrogens (tertiary/aromatic N) is 1. The van der Waals surface area contributed by atoms with Crippen LogP contribution < -0.4 is 15.8 Å². The van der Waals surface area contributed by atoms with Crippen LogP contribution in [0.2, 0.25) is 0 Å². The molecule has 4 N–H and O–H groups in total. The van der Waals surface area contributed by atoms with Gasteiger partial charge in [-0.15, -0.1) is 0 Å². The molecule has 2 aromatic carbocycles. The van der Waals surface area contributed by atoms with E-state index < -0.39 is 10.0 Å². The number of aliphatic imine (C=N–C) groups is 1. The zero-order valence-electron chi connectivity index (χ0n) is 15.2. The van der Waals surface area contributed by atoms with E-state index in [1.165, 1.54) is 23.3 Å². The first-order valence-electron chi connectivity index (χ1n) is 8.58. The van der Waals surface area contributed by atoms with Crippen LogP contribution in [0.15, 0.2) is 58.4 Å². The summed E-state index contributed by atoms with van der Waals surface area (Å²) in [5.41, 5.74) is 3.42. The Morgan fingerprint density at radius 3 is 2.42 bits per heavy atom. The maximum absolute atomic E-state index is 11.3. The molecule has 0 heterocycles. The first-order chi connectivity index (χ1) is 12.4. The summed E-state index contributed by atoms with van der Waals surface area (Å²) < 4.78 is 22.5. The predicted octanol–water partition coefficient (Wildman–Crippen LogP) is 1.94. The fourth-order valence-electron chi connectivity index (χ4n) is 2.49. The van der Waals surface area contributed by atoms with Gasteiger partial charge in [-0.05, 0) is 43.5 Å². The van der Waals surface area contributed by atoms with Gasteiger partial charge in [-0.1, -0.05) is 42.0 Å². The molecule has 0 saturated carbocycles. The van der Waals surface area contributed by atoms with Crippen LogP contribution in [-0.2, 0) is 23.0 Å². The van der Waals surface area contributed by atoms with Crippen LogP contribution >= 0.6 is 0 Å². The van der Waals surface area contributed by atoms with Crippen molar-refractivity contribution in [2.24, 2.45) is 10.1 Å². The molecule has 0 atom stereocenters. The number of hydrogen-bond acceptors (Lipinski definition) is 3. The highest BCUT2D eigenvalue weighted by Gasteiger charge is 2.06. The topological polar surface area (TPSA) is 96.6 Å². The van der Waals surface area contributed by atoms with E-state index in [1.807, 2.05) is 13.0 Å². The second-order valence-corrected chi connectivity index (χ2v) is 7.61. The molecule has 0 saturated heterocycles. The minimum Gasteiger partial charge on any atom is -0.357 e. The lowest BCUT2D eigenvalue weighted by atomic mass is 10.1. The van der Waals surface area contributed by atoms with Gasteiger partial charge in [-0.2, -0.15) is 0 Å². The first-order valence-corrected chi connectivity index (χ1v) is 10.1. The zero-order valence-corrected chi connectivity index (χ0v) is 16.0. The van der Waals surface area contributed by atoms with Crippen molar-refractivity contribution in [1.82, 2.24) is 10.6 Å². The maximum Gasteiger partial charge on any atom is 0.238 e. The lowest BCUT2D eigenvalue weighted by Crippen LogP contribution is -2.38. The number of nitrogens with two attached hydrogens (primary N) is 1. The van der Waals surface area contributed by atoms with E-state index in [0.29, 0.717) is 13.1 Å². The molecule has 2 aromatic rings. The molecule has 0 unspecified atom stereocenters. The van der Waals surface area contributed by atoms with Gasteiger partial charge < -0.3 is 10.6 Å². The summed E-state index contributed by atoms with van der Waals surface area (Å²) in [5, 5.41) is 11.6. The molecule has 0 aliphatic carbocycles. The minimum absolute atomic E-state index is 0.127. The van der Waals surface area contributed by atoms with Crippen molar-refractivity contribution < 1.29 is 8.42 Å². The Hall–Kier alpha value is -2.38. The molecule has 0 fully saturated rings. The van der Waals surface area contributed by atoms with E-state index in [1.54, 1.807) is 12.1 Å². The van der Waals surface area contributed by atoms with Gasteiger partial charge in [-0.3, -0.25) is 0 Å². The van der Waals surface area contributed by atoms with E-state index in [0.717, 1.165) is 24.5 Å². The van der Waals surface area contributed by atoms with Crippen molar-refractivity contribution in [3.63, 3.8) is 0 Å². The van der Waals surface area contributed by atoms with Crippen molar-refractivity contribution in [3.8, 4) is 0 Å². The number of primary sulfonamides is 1. The minimum atomic E-state index is -3.64. The van der Waals surface area contributed by atoms with E-state index in [2.05, 4.69) is 40.7 Å². The van der Waals surface area contributed by atoms with Gasteiger partial charge in [0.2, 0.25) is 10.0 Å². The van der Waals surface area contributed by atoms with Gasteiger partial charge in [0.1, 0.15) is 0 Å². The fourth-order valence-corrected chi connectivity index (χ4v) is 3.01. The summed E-state index contributed by atoms with van der Waals surface area (Å²) in [7, 11) is -3.64. The third-order valence-electron chi connectivity index (χ3n) is 3.80. The Kier molecular flexibility index (Phi) is 7.17. The zero-order chi connectivity index (χ0) is 19.0. The van der Waals surface area contributed by atoms with Gasteiger partial charge in [0.05, 0.1) is 11.4 Å². The van der Waals surface area contributed by atoms with Crippen LogP contribution in [0.1, 0.15) is 23.6 Å². The van der Waals surface area contributed by atoms with Crippen molar-refractivity contribution in [3.05, 3.63) is 65.2 Å². The molecule has 0 radical (unpaired) electrons. The van der Waals surface area contributed by atoms with Crippen molar-refractivity contribution in [2.75, 3.05) is 13.1 Å². The summed E-state index contributed by atoms with van der Waals surface area (Å²) in [4.78, 5) is 4.73. The van der Waals surface area contributed by atoms with Crippen LogP contribution in [0.3, 0.4) is 0 Å². The number of rotatable bonds is 7. The number of benzene rings is 2. The monoisotopic (exact) mass is 374 g/mol. The Labute approximate surface area is 155 Å². The average Bonchev–Trinajstić information content (AvgIpc) is 2.59. The number of hydrogen-bond donors (Lipinski definition) is 3. The van der Waals surface area contributed by atoms with Gasteiger partial charge in [0.15, 0.2) is 5.96 Å². The van der Waals surface area contributed by atoms with Crippen LogP contribution in [0, 0.1) is 6.92 Å². The lowest BCUT2D eigenvalue weighted by molar-refractivity contribution is 0.598. The summed E-state index contributed by atoms with van der Waals surface area (Å²) >= 11 is 0. The van der Waals surface area contributed by atoms with Crippen molar-refractivity contribution >= 4 is 16.0 Å². The third-order valence-corrected chi connectivity index (χ3v) is 4.73. The molecule has 26 heavy (non-hydrogen) atoms. The molecule has 0 aliphatic rings. The largest absolute Gasteiger partial charge is 0.357 e. The SMILES string of the molecule is CCNC(=NCc1cccc(C)c1)NCCc1ccc(S(N)(=O)=O)cc1. The highest BCUT2D eigenvalue weighted by atomic mass is 32.2. The van der Waals surface area contributed by atoms with Gasteiger partial charge in [0, 0.05) is 13.1 Å². The highest BCUT2D eigenvalue weighted by Crippen LogP contribution is 2.09. The van der Waals surface area contributed by atoms with Crippen LogP contribution in [0.5, 0.6) is 0 Å². The van der Waals surface area contributed by atoms with Crippen LogP contribution in [0.25, 0.3) is 0 Å². The van der Waals surface area contributed by atoms with Gasteiger partial charge in [-0.25, -0.2) is 18.5 Å². The number of aryl methyl sites for hydroxylation is 1. The highest BCUT2D eigenvalue weighted by molar-refractivity contribution is 7.89. The smallest absolute Gasteiger partial charge is 0.238 e. The number of guanidine groups is 1. The number of sulfonamides is 1. The third kappa shape index (κ3) is 6.50. The second-order valence-electron chi connectivity index (χ2n) is 6.05. The molecule has 7 heteroatoms. The summed E-state index contributed by atoms with van der Waals surface area (Å²) in [6.45, 7) is 6.17. The van der Waals surface area contributed by atoms with E-state index in [9.17, 15) is 8.42 Å². The summed E-state index contributed by atoms with van der Waals surface area (Å²) in [6.07, 6.45) is 0.750. The van der Waals surface area contributed by atoms with E-state index >= 15 is 0 Å². The predicted molar refractivity (Wildman–Crippen MR) is 106 cm³/mol. The molecular weight excluding hydrogens is 348 g/mol. The Balaban J connectivity index is 1.90. The first kappa shape index (κ1) is 19.9. The lowest BCUT2D eigenvalue weighted by Gasteiger charge is -2.11. The second kappa shape index (κ2) is 9.35. The average molecular weight is 375 g/mol. The number of nitrogens with one attached hydrogen (secondary N) is 2. The summed E-state index contributed by atoms with van der Waals surface area (Å²) in [6, 6.07) is 14.9. The quantitative estimate of drug-likeness (QED) is 0.510. The Morgan fingerprint density at radius 1 is 1.08 bits per heavy atom. The summed E-state index contributed by atoms with van der Waals surface area (Å²) in [5.74, 6) is 0.759. The molecule has 140 valence electrons. The standard InChI is InChI=1S/C19H26N4O2S/c1-3-21-19(23-14-17-6-4-5-15(2)13-17)22-12-11-16-7-9-18(10-8-16)26(20,24)25/h4-10,13H,3,11-12,14H2,1-2H3,(H2,20,24,25)(H2,21,22,23). The molecule has 0 bridgehead atoms. The molecule has 0 amide bonds. The molecule has 2 rings (SSSR count). The maximum atomic E-state index is 11.3. The van der Waals surface area contributed by atoms with Crippen molar-refractivity contribution in [1.29, 1.82) is 0 Å². The van der Waals surface area contributed by atoms with E-state index in [-0.39, 0.29) is 4.90 Å². The molecule has 0 aliphatic heterocycles. The molecule has 6 nitrogen and oxygen atoms in total. The van der Waals surface area contributed by atoms with Gasteiger partial charge >= 0.3 is 0 Å². The molecule has 0 spiro atoms.